The fourth-order valence-corrected chi connectivity index (χ4v) is 3.19. The topological polar surface area (TPSA) is 109 Å². The Bertz CT molecular complexity index is 907. The number of hydrogen-bond acceptors (Lipinski definition) is 8. The molecular weight excluding hydrogens is 358 g/mol. The standard InChI is InChI=1S/C17H19N3O5S/c1-10-18-13-5-12(3-4-15(13)26-10)24-9-16-19-14(8-25-16)17(23)20(2)6-11(22)7-21/h3-5,8,11,21-22H,6-7,9H2,1-2H3/t11-/m0/s1. The second-order valence-corrected chi connectivity index (χ2v) is 7.03. The first-order valence-electron chi connectivity index (χ1n) is 7.95. The molecule has 1 amide bonds. The third kappa shape index (κ3) is 4.18. The predicted molar refractivity (Wildman–Crippen MR) is 95.2 cm³/mol. The monoisotopic (exact) mass is 377 g/mol. The van der Waals surface area contributed by atoms with Crippen LogP contribution in [0.5, 0.6) is 5.75 Å². The summed E-state index contributed by atoms with van der Waals surface area (Å²) in [5.41, 5.74) is 0.985. The maximum atomic E-state index is 12.2. The summed E-state index contributed by atoms with van der Waals surface area (Å²) in [5.74, 6) is 0.489. The van der Waals surface area contributed by atoms with Gasteiger partial charge in [0.05, 0.1) is 27.9 Å². The Labute approximate surface area is 153 Å². The zero-order chi connectivity index (χ0) is 18.7. The average Bonchev–Trinajstić information content (AvgIpc) is 3.24. The summed E-state index contributed by atoms with van der Waals surface area (Å²) in [6, 6.07) is 5.64. The van der Waals surface area contributed by atoms with Crippen molar-refractivity contribution in [3.05, 3.63) is 41.1 Å². The second kappa shape index (κ2) is 7.81. The number of aliphatic hydroxyl groups is 2. The van der Waals surface area contributed by atoms with Crippen LogP contribution in [0.3, 0.4) is 0 Å². The minimum Gasteiger partial charge on any atom is -0.484 e. The normalized spacial score (nSPS) is 12.3. The molecular formula is C17H19N3O5S. The van der Waals surface area contributed by atoms with Crippen molar-refractivity contribution < 1.29 is 24.2 Å². The lowest BCUT2D eigenvalue weighted by molar-refractivity contribution is 0.0516. The Morgan fingerprint density at radius 3 is 3.00 bits per heavy atom. The SMILES string of the molecule is Cc1nc2cc(OCc3nc(C(=O)N(C)C[C@H](O)CO)co3)ccc2s1. The molecule has 3 rings (SSSR count). The molecule has 0 bridgehead atoms. The van der Waals surface area contributed by atoms with Gasteiger partial charge in [-0.05, 0) is 19.1 Å². The van der Waals surface area contributed by atoms with E-state index in [0.29, 0.717) is 5.75 Å². The van der Waals surface area contributed by atoms with Gasteiger partial charge in [0.1, 0.15) is 12.0 Å². The molecule has 0 aliphatic carbocycles. The summed E-state index contributed by atoms with van der Waals surface area (Å²) in [7, 11) is 1.51. The number of benzene rings is 1. The van der Waals surface area contributed by atoms with Gasteiger partial charge >= 0.3 is 0 Å². The third-order valence-electron chi connectivity index (χ3n) is 3.64. The molecule has 0 aliphatic rings. The number of fused-ring (bicyclic) bond motifs is 1. The van der Waals surface area contributed by atoms with Gasteiger partial charge in [0, 0.05) is 19.7 Å². The molecule has 3 aromatic rings. The minimum atomic E-state index is -0.997. The number of carbonyl (C=O) groups excluding carboxylic acids is 1. The fourth-order valence-electron chi connectivity index (χ4n) is 2.39. The summed E-state index contributed by atoms with van der Waals surface area (Å²) in [6.45, 7) is 1.61. The highest BCUT2D eigenvalue weighted by Gasteiger charge is 2.19. The molecule has 2 heterocycles. The number of carbonyl (C=O) groups is 1. The number of ether oxygens (including phenoxy) is 1. The quantitative estimate of drug-likeness (QED) is 0.644. The Hall–Kier alpha value is -2.49. The van der Waals surface area contributed by atoms with Crippen LogP contribution in [0.1, 0.15) is 21.4 Å². The lowest BCUT2D eigenvalue weighted by Gasteiger charge is -2.18. The van der Waals surface area contributed by atoms with E-state index in [-0.39, 0.29) is 24.7 Å². The van der Waals surface area contributed by atoms with Crippen LogP contribution >= 0.6 is 11.3 Å². The molecule has 0 saturated carbocycles. The molecule has 0 radical (unpaired) electrons. The van der Waals surface area contributed by atoms with Crippen LogP contribution in [0.2, 0.25) is 0 Å². The molecule has 0 fully saturated rings. The molecule has 9 heteroatoms. The van der Waals surface area contributed by atoms with Gasteiger partial charge in [-0.1, -0.05) is 0 Å². The van der Waals surface area contributed by atoms with Crippen LogP contribution in [0.4, 0.5) is 0 Å². The molecule has 0 spiro atoms. The highest BCUT2D eigenvalue weighted by Crippen LogP contribution is 2.26. The molecule has 0 unspecified atom stereocenters. The van der Waals surface area contributed by atoms with E-state index in [1.165, 1.54) is 18.2 Å². The second-order valence-electron chi connectivity index (χ2n) is 5.80. The molecule has 1 atom stereocenters. The maximum absolute atomic E-state index is 12.2. The molecule has 0 aliphatic heterocycles. The van der Waals surface area contributed by atoms with Crippen molar-refractivity contribution in [3.8, 4) is 5.75 Å². The van der Waals surface area contributed by atoms with E-state index in [9.17, 15) is 9.90 Å². The highest BCUT2D eigenvalue weighted by molar-refractivity contribution is 7.18. The first-order valence-corrected chi connectivity index (χ1v) is 8.76. The molecule has 2 aromatic heterocycles. The van der Waals surface area contributed by atoms with E-state index in [1.807, 2.05) is 25.1 Å². The number of aliphatic hydroxyl groups excluding tert-OH is 2. The van der Waals surface area contributed by atoms with E-state index < -0.39 is 18.6 Å². The van der Waals surface area contributed by atoms with Gasteiger partial charge in [-0.2, -0.15) is 0 Å². The van der Waals surface area contributed by atoms with Gasteiger partial charge in [-0.25, -0.2) is 9.97 Å². The average molecular weight is 377 g/mol. The van der Waals surface area contributed by atoms with Gasteiger partial charge in [0.25, 0.3) is 5.91 Å². The number of hydrogen-bond donors (Lipinski definition) is 2. The van der Waals surface area contributed by atoms with Gasteiger partial charge < -0.3 is 24.3 Å². The number of aryl methyl sites for hydroxylation is 1. The van der Waals surface area contributed by atoms with Crippen molar-refractivity contribution in [2.24, 2.45) is 0 Å². The molecule has 26 heavy (non-hydrogen) atoms. The van der Waals surface area contributed by atoms with Gasteiger partial charge in [0.2, 0.25) is 5.89 Å². The Morgan fingerprint density at radius 2 is 2.23 bits per heavy atom. The number of rotatable bonds is 7. The first-order chi connectivity index (χ1) is 12.5. The maximum Gasteiger partial charge on any atom is 0.275 e. The number of likely N-dealkylation sites (N-methyl/N-ethyl adjacent to an activating group) is 1. The first kappa shape index (κ1) is 18.3. The predicted octanol–water partition coefficient (Wildman–Crippen LogP) is 1.60. The molecule has 0 saturated heterocycles. The van der Waals surface area contributed by atoms with Crippen molar-refractivity contribution in [1.82, 2.24) is 14.9 Å². The number of amides is 1. The van der Waals surface area contributed by atoms with E-state index in [4.69, 9.17) is 14.3 Å². The Morgan fingerprint density at radius 1 is 1.42 bits per heavy atom. The molecule has 138 valence electrons. The Balaban J connectivity index is 1.61. The van der Waals surface area contributed by atoms with E-state index in [1.54, 1.807) is 11.3 Å². The van der Waals surface area contributed by atoms with Crippen molar-refractivity contribution in [3.63, 3.8) is 0 Å². The van der Waals surface area contributed by atoms with E-state index in [2.05, 4.69) is 9.97 Å². The summed E-state index contributed by atoms with van der Waals surface area (Å²) in [5, 5.41) is 19.2. The van der Waals surface area contributed by atoms with Crippen LogP contribution in [0.15, 0.2) is 28.9 Å². The zero-order valence-electron chi connectivity index (χ0n) is 14.4. The van der Waals surface area contributed by atoms with Crippen LogP contribution in [0.25, 0.3) is 10.2 Å². The third-order valence-corrected chi connectivity index (χ3v) is 4.59. The van der Waals surface area contributed by atoms with E-state index >= 15 is 0 Å². The molecule has 2 N–H and O–H groups in total. The van der Waals surface area contributed by atoms with Gasteiger partial charge in [-0.3, -0.25) is 4.79 Å². The van der Waals surface area contributed by atoms with Crippen LogP contribution in [0, 0.1) is 6.92 Å². The summed E-state index contributed by atoms with van der Waals surface area (Å²) >= 11 is 1.62. The van der Waals surface area contributed by atoms with Crippen LogP contribution < -0.4 is 4.74 Å². The number of aromatic nitrogens is 2. The number of nitrogens with zero attached hydrogens (tertiary/aromatic N) is 3. The summed E-state index contributed by atoms with van der Waals surface area (Å²) in [4.78, 5) is 22.0. The smallest absolute Gasteiger partial charge is 0.275 e. The van der Waals surface area contributed by atoms with Crippen molar-refractivity contribution in [2.75, 3.05) is 20.2 Å². The van der Waals surface area contributed by atoms with Crippen molar-refractivity contribution >= 4 is 27.5 Å². The molecule has 1 aromatic carbocycles. The number of thiazole rings is 1. The molecule has 8 nitrogen and oxygen atoms in total. The van der Waals surface area contributed by atoms with Crippen LogP contribution in [-0.2, 0) is 6.61 Å². The zero-order valence-corrected chi connectivity index (χ0v) is 15.2. The summed E-state index contributed by atoms with van der Waals surface area (Å²) in [6.07, 6.45) is 0.249. The van der Waals surface area contributed by atoms with Crippen molar-refractivity contribution in [2.45, 2.75) is 19.6 Å². The lowest BCUT2D eigenvalue weighted by atomic mass is 10.3. The van der Waals surface area contributed by atoms with Gasteiger partial charge in [-0.15, -0.1) is 11.3 Å². The van der Waals surface area contributed by atoms with Crippen LogP contribution in [-0.4, -0.2) is 57.3 Å². The lowest BCUT2D eigenvalue weighted by Crippen LogP contribution is -2.36. The largest absolute Gasteiger partial charge is 0.484 e. The summed E-state index contributed by atoms with van der Waals surface area (Å²) < 4.78 is 12.0. The fraction of sp³-hybridized carbons (Fsp3) is 0.353. The number of oxazole rings is 1. The highest BCUT2D eigenvalue weighted by atomic mass is 32.1. The van der Waals surface area contributed by atoms with Gasteiger partial charge in [0.15, 0.2) is 12.3 Å². The van der Waals surface area contributed by atoms with E-state index in [0.717, 1.165) is 15.2 Å². The minimum absolute atomic E-state index is 0.00109. The van der Waals surface area contributed by atoms with Crippen molar-refractivity contribution in [1.29, 1.82) is 0 Å². The Kier molecular flexibility index (Phi) is 5.50.